The average molecular weight is 394 g/mol. The minimum absolute atomic E-state index is 0.0105. The van der Waals surface area contributed by atoms with E-state index in [1.807, 2.05) is 0 Å². The molecule has 1 aromatic heterocycles. The predicted molar refractivity (Wildman–Crippen MR) is 101 cm³/mol. The number of nitrogens with zero attached hydrogens (tertiary/aromatic N) is 2. The standard InChI is InChI=1S/C17H22N4O5S/c1-10-15(11(2)21(4)19-10)18-16(22)12(3)26-17(23)13-8-6-7-9-14(13)20-27(5,24)25/h6-9,12,20H,1-5H3,(H,18,22)/t12-/m0/s1. The lowest BCUT2D eigenvalue weighted by Crippen LogP contribution is -2.30. The lowest BCUT2D eigenvalue weighted by Gasteiger charge is -2.15. The Balaban J connectivity index is 2.13. The van der Waals surface area contributed by atoms with Crippen molar-refractivity contribution in [2.24, 2.45) is 7.05 Å². The maximum absolute atomic E-state index is 12.4. The molecule has 0 fully saturated rings. The van der Waals surface area contributed by atoms with Crippen LogP contribution in [-0.2, 0) is 26.6 Å². The second-order valence-electron chi connectivity index (χ2n) is 6.13. The van der Waals surface area contributed by atoms with Gasteiger partial charge in [-0.05, 0) is 32.9 Å². The number of aryl methyl sites for hydroxylation is 2. The number of ether oxygens (including phenoxy) is 1. The van der Waals surface area contributed by atoms with E-state index in [0.29, 0.717) is 11.4 Å². The number of sulfonamides is 1. The molecular formula is C17H22N4O5S. The summed E-state index contributed by atoms with van der Waals surface area (Å²) in [6.07, 6.45) is -0.119. The number of amides is 1. The van der Waals surface area contributed by atoms with Gasteiger partial charge in [-0.15, -0.1) is 0 Å². The molecule has 0 aliphatic rings. The Morgan fingerprint density at radius 2 is 1.85 bits per heavy atom. The maximum Gasteiger partial charge on any atom is 0.341 e. The molecule has 0 saturated heterocycles. The number of carbonyl (C=O) groups excluding carboxylic acids is 2. The van der Waals surface area contributed by atoms with Gasteiger partial charge in [0.25, 0.3) is 5.91 Å². The van der Waals surface area contributed by atoms with Gasteiger partial charge in [-0.25, -0.2) is 13.2 Å². The number of hydrogen-bond acceptors (Lipinski definition) is 6. The van der Waals surface area contributed by atoms with E-state index < -0.39 is 28.0 Å². The normalized spacial score (nSPS) is 12.3. The summed E-state index contributed by atoms with van der Waals surface area (Å²) in [4.78, 5) is 24.8. The predicted octanol–water partition coefficient (Wildman–Crippen LogP) is 1.59. The van der Waals surface area contributed by atoms with Crippen LogP contribution in [0.1, 0.15) is 28.7 Å². The Morgan fingerprint density at radius 1 is 1.22 bits per heavy atom. The molecule has 2 rings (SSSR count). The van der Waals surface area contributed by atoms with Gasteiger partial charge < -0.3 is 10.1 Å². The maximum atomic E-state index is 12.4. The second-order valence-corrected chi connectivity index (χ2v) is 7.87. The van der Waals surface area contributed by atoms with Gasteiger partial charge in [0, 0.05) is 7.05 Å². The van der Waals surface area contributed by atoms with Gasteiger partial charge in [0.2, 0.25) is 10.0 Å². The lowest BCUT2D eigenvalue weighted by atomic mass is 10.2. The third-order valence-electron chi connectivity index (χ3n) is 3.85. The van der Waals surface area contributed by atoms with Gasteiger partial charge in [-0.1, -0.05) is 12.1 Å². The Labute approximate surface area is 157 Å². The molecule has 0 radical (unpaired) electrons. The summed E-state index contributed by atoms with van der Waals surface area (Å²) in [6, 6.07) is 5.99. The summed E-state index contributed by atoms with van der Waals surface area (Å²) >= 11 is 0. The fourth-order valence-electron chi connectivity index (χ4n) is 2.41. The van der Waals surface area contributed by atoms with Gasteiger partial charge in [-0.3, -0.25) is 14.2 Å². The van der Waals surface area contributed by atoms with Crippen molar-refractivity contribution in [1.82, 2.24) is 9.78 Å². The Kier molecular flexibility index (Phi) is 5.89. The van der Waals surface area contributed by atoms with Crippen LogP contribution in [0.2, 0.25) is 0 Å². The Bertz CT molecular complexity index is 981. The van der Waals surface area contributed by atoms with Crippen LogP contribution in [0.5, 0.6) is 0 Å². The highest BCUT2D eigenvalue weighted by Gasteiger charge is 2.23. The largest absolute Gasteiger partial charge is 0.449 e. The minimum Gasteiger partial charge on any atom is -0.449 e. The third-order valence-corrected chi connectivity index (χ3v) is 4.44. The first-order valence-electron chi connectivity index (χ1n) is 8.08. The lowest BCUT2D eigenvalue weighted by molar-refractivity contribution is -0.123. The van der Waals surface area contributed by atoms with E-state index >= 15 is 0 Å². The van der Waals surface area contributed by atoms with E-state index in [1.165, 1.54) is 19.1 Å². The van der Waals surface area contributed by atoms with Crippen LogP contribution in [0, 0.1) is 13.8 Å². The molecule has 0 aliphatic heterocycles. The topological polar surface area (TPSA) is 119 Å². The van der Waals surface area contributed by atoms with Crippen LogP contribution in [0.4, 0.5) is 11.4 Å². The molecule has 2 aromatic rings. The van der Waals surface area contributed by atoms with E-state index in [0.717, 1.165) is 11.9 Å². The zero-order valence-electron chi connectivity index (χ0n) is 15.7. The fourth-order valence-corrected chi connectivity index (χ4v) is 2.98. The summed E-state index contributed by atoms with van der Waals surface area (Å²) < 4.78 is 32.0. The van der Waals surface area contributed by atoms with E-state index in [2.05, 4.69) is 15.1 Å². The van der Waals surface area contributed by atoms with E-state index in [1.54, 1.807) is 37.7 Å². The van der Waals surface area contributed by atoms with Crippen LogP contribution in [-0.4, -0.2) is 42.4 Å². The molecule has 0 aliphatic carbocycles. The van der Waals surface area contributed by atoms with Crippen LogP contribution in [0.3, 0.4) is 0 Å². The number of benzene rings is 1. The smallest absolute Gasteiger partial charge is 0.341 e. The molecule has 0 bridgehead atoms. The molecule has 0 saturated carbocycles. The number of hydrogen-bond donors (Lipinski definition) is 2. The van der Waals surface area contributed by atoms with E-state index in [4.69, 9.17) is 4.74 Å². The molecule has 2 N–H and O–H groups in total. The first kappa shape index (κ1) is 20.4. The summed E-state index contributed by atoms with van der Waals surface area (Å²) in [6.45, 7) is 4.99. The summed E-state index contributed by atoms with van der Waals surface area (Å²) in [5.74, 6) is -1.33. The molecule has 0 unspecified atom stereocenters. The van der Waals surface area contributed by atoms with Crippen molar-refractivity contribution in [1.29, 1.82) is 0 Å². The van der Waals surface area contributed by atoms with Crippen molar-refractivity contribution in [3.8, 4) is 0 Å². The molecule has 27 heavy (non-hydrogen) atoms. The van der Waals surface area contributed by atoms with Crippen molar-refractivity contribution < 1.29 is 22.7 Å². The van der Waals surface area contributed by atoms with Gasteiger partial charge in [-0.2, -0.15) is 5.10 Å². The number of aromatic nitrogens is 2. The van der Waals surface area contributed by atoms with Crippen molar-refractivity contribution in [2.75, 3.05) is 16.3 Å². The number of rotatable bonds is 6. The van der Waals surface area contributed by atoms with Crippen molar-refractivity contribution >= 4 is 33.3 Å². The van der Waals surface area contributed by atoms with Crippen molar-refractivity contribution in [3.05, 3.63) is 41.2 Å². The first-order valence-corrected chi connectivity index (χ1v) is 9.97. The summed E-state index contributed by atoms with van der Waals surface area (Å²) in [5.41, 5.74) is 2.06. The SMILES string of the molecule is Cc1nn(C)c(C)c1NC(=O)[C@H](C)OC(=O)c1ccccc1NS(C)(=O)=O. The molecule has 1 atom stereocenters. The Morgan fingerprint density at radius 3 is 2.41 bits per heavy atom. The molecule has 9 nitrogen and oxygen atoms in total. The van der Waals surface area contributed by atoms with Gasteiger partial charge in [0.15, 0.2) is 6.10 Å². The Hall–Kier alpha value is -2.88. The number of nitrogens with one attached hydrogen (secondary N) is 2. The molecule has 1 heterocycles. The number of anilines is 2. The highest BCUT2D eigenvalue weighted by atomic mass is 32.2. The van der Waals surface area contributed by atoms with E-state index in [-0.39, 0.29) is 11.3 Å². The highest BCUT2D eigenvalue weighted by Crippen LogP contribution is 2.20. The molecular weight excluding hydrogens is 372 g/mol. The number of carbonyl (C=O) groups is 2. The van der Waals surface area contributed by atoms with Gasteiger partial charge >= 0.3 is 5.97 Å². The van der Waals surface area contributed by atoms with Crippen LogP contribution in [0.25, 0.3) is 0 Å². The van der Waals surface area contributed by atoms with Crippen LogP contribution in [0.15, 0.2) is 24.3 Å². The quantitative estimate of drug-likeness (QED) is 0.718. The van der Waals surface area contributed by atoms with Gasteiger partial charge in [0.1, 0.15) is 0 Å². The van der Waals surface area contributed by atoms with E-state index in [9.17, 15) is 18.0 Å². The summed E-state index contributed by atoms with van der Waals surface area (Å²) in [5, 5.41) is 6.90. The van der Waals surface area contributed by atoms with Crippen LogP contribution < -0.4 is 10.0 Å². The molecule has 0 spiro atoms. The molecule has 1 aromatic carbocycles. The molecule has 146 valence electrons. The fraction of sp³-hybridized carbons (Fsp3) is 0.353. The summed E-state index contributed by atoms with van der Waals surface area (Å²) in [7, 11) is -1.82. The second kappa shape index (κ2) is 7.78. The van der Waals surface area contributed by atoms with Crippen molar-refractivity contribution in [3.63, 3.8) is 0 Å². The first-order chi connectivity index (χ1) is 12.5. The molecule has 1 amide bonds. The highest BCUT2D eigenvalue weighted by molar-refractivity contribution is 7.92. The minimum atomic E-state index is -3.57. The third kappa shape index (κ3) is 5.07. The average Bonchev–Trinajstić information content (AvgIpc) is 2.80. The zero-order chi connectivity index (χ0) is 20.4. The van der Waals surface area contributed by atoms with Crippen LogP contribution >= 0.6 is 0 Å². The molecule has 10 heteroatoms. The van der Waals surface area contributed by atoms with Crippen molar-refractivity contribution in [2.45, 2.75) is 26.9 Å². The number of esters is 1. The zero-order valence-corrected chi connectivity index (χ0v) is 16.5. The van der Waals surface area contributed by atoms with Gasteiger partial charge in [0.05, 0.1) is 34.6 Å². The number of para-hydroxylation sites is 1. The monoisotopic (exact) mass is 394 g/mol.